The van der Waals surface area contributed by atoms with Crippen molar-refractivity contribution in [3.63, 3.8) is 0 Å². The molecule has 1 saturated carbocycles. The van der Waals surface area contributed by atoms with Gasteiger partial charge in [-0.05, 0) is 6.42 Å². The average Bonchev–Trinajstić information content (AvgIpc) is 3.06. The summed E-state index contributed by atoms with van der Waals surface area (Å²) >= 11 is 0. The first-order valence-corrected chi connectivity index (χ1v) is 12.4. The van der Waals surface area contributed by atoms with E-state index in [0.29, 0.717) is 0 Å². The summed E-state index contributed by atoms with van der Waals surface area (Å²) in [6, 6.07) is -2.97. The summed E-state index contributed by atoms with van der Waals surface area (Å²) < 4.78 is 53.9. The summed E-state index contributed by atoms with van der Waals surface area (Å²) in [5.41, 5.74) is 28.7. The second-order valence-corrected chi connectivity index (χ2v) is 9.74. The Morgan fingerprint density at radius 1 is 0.811 bits per heavy atom. The quantitative estimate of drug-likeness (QED) is 0.133. The molecule has 3 aliphatic rings. The molecular formula is C17H35N5O14S. The maximum atomic E-state index is 11.6. The van der Waals surface area contributed by atoms with Crippen LogP contribution in [-0.2, 0) is 34.1 Å². The molecular weight excluding hydrogens is 530 g/mol. The van der Waals surface area contributed by atoms with Crippen LogP contribution >= 0.6 is 0 Å². The van der Waals surface area contributed by atoms with E-state index >= 15 is 0 Å². The zero-order valence-electron chi connectivity index (χ0n) is 19.3. The lowest BCUT2D eigenvalue weighted by atomic mass is 9.84. The number of aliphatic hydroxyl groups is 5. The van der Waals surface area contributed by atoms with Crippen LogP contribution in [-0.4, -0.2) is 141 Å². The van der Waals surface area contributed by atoms with Gasteiger partial charge in [-0.25, -0.2) is 0 Å². The maximum absolute atomic E-state index is 11.6. The summed E-state index contributed by atoms with van der Waals surface area (Å²) in [5, 5.41) is 51.0. The first-order valence-electron chi connectivity index (χ1n) is 11.0. The number of carbonyl (C=O) groups excluding carboxylic acids is 1. The maximum Gasteiger partial charge on any atom is 0.394 e. The predicted molar refractivity (Wildman–Crippen MR) is 118 cm³/mol. The molecule has 0 aromatic rings. The molecule has 1 aliphatic carbocycles. The van der Waals surface area contributed by atoms with Crippen LogP contribution in [0.15, 0.2) is 0 Å². The second-order valence-electron chi connectivity index (χ2n) is 8.85. The molecule has 17 N–H and O–H groups in total. The van der Waals surface area contributed by atoms with Crippen molar-refractivity contribution in [3.05, 3.63) is 0 Å². The van der Waals surface area contributed by atoms with E-state index in [0.717, 1.165) is 0 Å². The highest BCUT2D eigenvalue weighted by molar-refractivity contribution is 7.79. The predicted octanol–water partition coefficient (Wildman–Crippen LogP) is -7.81. The van der Waals surface area contributed by atoms with Gasteiger partial charge in [0, 0.05) is 18.6 Å². The standard InChI is InChI=1S/C17H33N5O10.H2O4S/c18-2-5-8(24)11(27)17(29-5)31-13-7(23)3(19)1-4(20)12(13)30-16-6(21)9(25)10(26)14(32-16)15(22)28;1-5(2,3)4/h3-14,16-17,23-27H,1-2,18-21H2,(H2,22,28);(H2,1,2,3,4)/t3-,4+,5-,6-,7+,8-,9-,10+,11-,12-,13-,14-,16+,17-;/m1./s1. The van der Waals surface area contributed by atoms with Gasteiger partial charge in [-0.3, -0.25) is 13.9 Å². The fraction of sp³-hybridized carbons (Fsp3) is 0.941. The second kappa shape index (κ2) is 12.8. The minimum absolute atomic E-state index is 0.0935. The topological polar surface area (TPSA) is 360 Å². The van der Waals surface area contributed by atoms with Crippen molar-refractivity contribution >= 4 is 16.3 Å². The van der Waals surface area contributed by atoms with Gasteiger partial charge in [0.1, 0.15) is 42.7 Å². The number of carbonyl (C=O) groups is 1. The molecule has 0 aromatic heterocycles. The summed E-state index contributed by atoms with van der Waals surface area (Å²) in [4.78, 5) is 11.6. The van der Waals surface area contributed by atoms with Crippen molar-refractivity contribution in [1.82, 2.24) is 0 Å². The molecule has 0 spiro atoms. The van der Waals surface area contributed by atoms with Crippen LogP contribution in [0, 0.1) is 0 Å². The molecule has 2 saturated heterocycles. The monoisotopic (exact) mass is 565 g/mol. The number of primary amides is 1. The van der Waals surface area contributed by atoms with Crippen molar-refractivity contribution in [1.29, 1.82) is 0 Å². The lowest BCUT2D eigenvalue weighted by Crippen LogP contribution is -2.68. The van der Waals surface area contributed by atoms with Crippen LogP contribution in [0.3, 0.4) is 0 Å². The Morgan fingerprint density at radius 3 is 1.84 bits per heavy atom. The van der Waals surface area contributed by atoms with E-state index in [1.165, 1.54) is 0 Å². The zero-order valence-corrected chi connectivity index (χ0v) is 20.1. The third kappa shape index (κ3) is 7.92. The molecule has 14 atom stereocenters. The number of ether oxygens (including phenoxy) is 4. The van der Waals surface area contributed by atoms with Crippen LogP contribution in [0.2, 0.25) is 0 Å². The van der Waals surface area contributed by atoms with Gasteiger partial charge in [0.2, 0.25) is 5.91 Å². The molecule has 0 unspecified atom stereocenters. The fourth-order valence-electron chi connectivity index (χ4n) is 4.18. The number of rotatable bonds is 6. The van der Waals surface area contributed by atoms with Crippen molar-refractivity contribution in [2.45, 2.75) is 92.1 Å². The van der Waals surface area contributed by atoms with Gasteiger partial charge >= 0.3 is 10.4 Å². The number of hydrogen-bond acceptors (Lipinski definition) is 16. The number of amides is 1. The Labute approximate surface area is 210 Å². The van der Waals surface area contributed by atoms with Gasteiger partial charge in [-0.15, -0.1) is 0 Å². The van der Waals surface area contributed by atoms with Crippen molar-refractivity contribution < 1.29 is 66.8 Å². The third-order valence-electron chi connectivity index (χ3n) is 6.13. The van der Waals surface area contributed by atoms with Gasteiger partial charge < -0.3 is 73.1 Å². The summed E-state index contributed by atoms with van der Waals surface area (Å²) in [5.74, 6) is -1.05. The Hall–Kier alpha value is -1.18. The molecule has 0 bridgehead atoms. The van der Waals surface area contributed by atoms with Crippen LogP contribution in [0.1, 0.15) is 6.42 Å². The molecule has 2 aliphatic heterocycles. The molecule has 1 amide bonds. The molecule has 19 nitrogen and oxygen atoms in total. The normalized spacial score (nSPS) is 46.7. The minimum Gasteiger partial charge on any atom is -0.389 e. The van der Waals surface area contributed by atoms with Crippen LogP contribution < -0.4 is 28.7 Å². The van der Waals surface area contributed by atoms with E-state index in [4.69, 9.17) is 65.1 Å². The number of aliphatic hydroxyl groups excluding tert-OH is 5. The Kier molecular flexibility index (Phi) is 11.1. The van der Waals surface area contributed by atoms with E-state index in [-0.39, 0.29) is 13.0 Å². The SMILES string of the molecule is NC[C@H]1O[C@H](O[C@@H]2[C@@H](O)[C@H](N)C[C@H](N)[C@H]2O[C@H]2O[C@@H](C(N)=O)[C@@H](O)[C@H](O)[C@H]2N)[C@H](O)[C@@H]1O.O=S(=O)(O)O. The first-order chi connectivity index (χ1) is 17.0. The Bertz CT molecular complexity index is 863. The van der Waals surface area contributed by atoms with Gasteiger partial charge in [0.25, 0.3) is 0 Å². The molecule has 0 aromatic carbocycles. The summed E-state index contributed by atoms with van der Waals surface area (Å²) in [6.45, 7) is -0.0935. The van der Waals surface area contributed by atoms with Gasteiger partial charge in [-0.1, -0.05) is 0 Å². The lowest BCUT2D eigenvalue weighted by molar-refractivity contribution is -0.303. The Morgan fingerprint density at radius 2 is 1.35 bits per heavy atom. The molecule has 20 heteroatoms. The molecule has 218 valence electrons. The van der Waals surface area contributed by atoms with Crippen LogP contribution in [0.5, 0.6) is 0 Å². The van der Waals surface area contributed by atoms with Crippen molar-refractivity contribution in [3.8, 4) is 0 Å². The lowest BCUT2D eigenvalue weighted by Gasteiger charge is -2.47. The smallest absolute Gasteiger partial charge is 0.389 e. The van der Waals surface area contributed by atoms with Gasteiger partial charge in [0.05, 0.1) is 12.1 Å². The van der Waals surface area contributed by atoms with E-state index in [1.54, 1.807) is 0 Å². The average molecular weight is 566 g/mol. The van der Waals surface area contributed by atoms with E-state index in [9.17, 15) is 30.3 Å². The molecule has 3 rings (SSSR count). The largest absolute Gasteiger partial charge is 0.394 e. The summed E-state index contributed by atoms with van der Waals surface area (Å²) in [7, 11) is -4.67. The molecule has 3 fully saturated rings. The highest BCUT2D eigenvalue weighted by atomic mass is 32.3. The highest BCUT2D eigenvalue weighted by Crippen LogP contribution is 2.32. The fourth-order valence-corrected chi connectivity index (χ4v) is 4.18. The van der Waals surface area contributed by atoms with Crippen LogP contribution in [0.4, 0.5) is 0 Å². The molecule has 0 radical (unpaired) electrons. The number of nitrogens with two attached hydrogens (primary N) is 5. The van der Waals surface area contributed by atoms with Gasteiger partial charge in [0.15, 0.2) is 18.7 Å². The summed E-state index contributed by atoms with van der Waals surface area (Å²) in [6.07, 6.45) is -15.1. The van der Waals surface area contributed by atoms with Crippen molar-refractivity contribution in [2.24, 2.45) is 28.7 Å². The van der Waals surface area contributed by atoms with E-state index in [2.05, 4.69) is 0 Å². The van der Waals surface area contributed by atoms with Crippen LogP contribution in [0.25, 0.3) is 0 Å². The Balaban J connectivity index is 0.000000877. The third-order valence-corrected chi connectivity index (χ3v) is 6.13. The first kappa shape index (κ1) is 32.0. The van der Waals surface area contributed by atoms with Crippen molar-refractivity contribution in [2.75, 3.05) is 6.54 Å². The molecule has 37 heavy (non-hydrogen) atoms. The van der Waals surface area contributed by atoms with E-state index < -0.39 is 102 Å². The molecule has 2 heterocycles. The van der Waals surface area contributed by atoms with E-state index in [1.807, 2.05) is 0 Å². The highest BCUT2D eigenvalue weighted by Gasteiger charge is 2.52. The van der Waals surface area contributed by atoms with Gasteiger partial charge in [-0.2, -0.15) is 8.42 Å². The zero-order chi connectivity index (χ0) is 28.4. The minimum atomic E-state index is -4.67. The number of hydrogen-bond donors (Lipinski definition) is 12.